The van der Waals surface area contributed by atoms with E-state index in [-0.39, 0.29) is 46.7 Å². The fraction of sp³-hybridized carbons (Fsp3) is 0.407. The lowest BCUT2D eigenvalue weighted by Gasteiger charge is -2.36. The Kier molecular flexibility index (Phi) is 7.02. The van der Waals surface area contributed by atoms with Gasteiger partial charge in [-0.1, -0.05) is 6.92 Å². The molecule has 0 bridgehead atoms. The molecule has 11 heteroatoms. The third-order valence-electron chi connectivity index (χ3n) is 6.76. The van der Waals surface area contributed by atoms with E-state index in [0.29, 0.717) is 30.7 Å². The molecule has 4 aromatic rings. The van der Waals surface area contributed by atoms with Crippen LogP contribution in [0.3, 0.4) is 0 Å². The average Bonchev–Trinajstić information content (AvgIpc) is 3.63. The second-order valence-electron chi connectivity index (χ2n) is 9.42. The van der Waals surface area contributed by atoms with Crippen molar-refractivity contribution in [2.45, 2.75) is 45.3 Å². The van der Waals surface area contributed by atoms with Crippen molar-refractivity contribution < 1.29 is 27.9 Å². The van der Waals surface area contributed by atoms with Crippen LogP contribution in [-0.2, 0) is 23.6 Å². The largest absolute Gasteiger partial charge is 0.449 e. The van der Waals surface area contributed by atoms with E-state index in [0.717, 1.165) is 6.42 Å². The number of rotatable bonds is 7. The van der Waals surface area contributed by atoms with E-state index < -0.39 is 17.7 Å². The number of hydrogen-bond acceptors (Lipinski definition) is 7. The Morgan fingerprint density at radius 3 is 2.71 bits per heavy atom. The molecule has 1 aliphatic rings. The normalized spacial score (nSPS) is 17.6. The van der Waals surface area contributed by atoms with Gasteiger partial charge in [0.2, 0.25) is 5.78 Å². The Hall–Kier alpha value is -3.99. The molecule has 0 saturated carbocycles. The van der Waals surface area contributed by atoms with Crippen molar-refractivity contribution in [1.82, 2.24) is 19.3 Å². The van der Waals surface area contributed by atoms with E-state index in [1.165, 1.54) is 21.8 Å². The molecule has 10 nitrogen and oxygen atoms in total. The first-order valence-electron chi connectivity index (χ1n) is 12.7. The molecule has 1 amide bonds. The molecule has 200 valence electrons. The number of aryl methyl sites for hydroxylation is 2. The number of amides is 1. The fourth-order valence-electron chi connectivity index (χ4n) is 4.91. The van der Waals surface area contributed by atoms with Gasteiger partial charge in [0, 0.05) is 50.1 Å². The van der Waals surface area contributed by atoms with E-state index in [1.54, 1.807) is 43.3 Å². The summed E-state index contributed by atoms with van der Waals surface area (Å²) in [7, 11) is 3.50. The molecule has 0 radical (unpaired) electrons. The first-order chi connectivity index (χ1) is 18.3. The summed E-state index contributed by atoms with van der Waals surface area (Å²) in [6.45, 7) is 4.29. The molecule has 1 saturated heterocycles. The van der Waals surface area contributed by atoms with Gasteiger partial charge in [0.25, 0.3) is 0 Å². The van der Waals surface area contributed by atoms with Gasteiger partial charge in [-0.15, -0.1) is 0 Å². The Morgan fingerprint density at radius 1 is 1.24 bits per heavy atom. The number of nitrogens with zero attached hydrogens (tertiary/aromatic N) is 5. The van der Waals surface area contributed by atoms with Gasteiger partial charge in [-0.25, -0.2) is 14.2 Å². The number of aromatic nitrogens is 4. The maximum atomic E-state index is 15.6. The average molecular weight is 524 g/mol. The van der Waals surface area contributed by atoms with Gasteiger partial charge in [-0.05, 0) is 38.3 Å². The summed E-state index contributed by atoms with van der Waals surface area (Å²) in [5.74, 6) is -1.34. The standard InChI is InChI=1S/C27H30FN5O5/c1-5-19-11-18(7-8-37-19)33(27(35)36-6-2)23-20-9-16(22-14-31(3)15-29-22)10-21(28)25(20)38-26(23)24(34)17-12-30-32(4)13-17/h9-10,12-15,18-19H,5-8,11H2,1-4H3/t18-,19-/m0/s1. The fourth-order valence-corrected chi connectivity index (χ4v) is 4.91. The summed E-state index contributed by atoms with van der Waals surface area (Å²) in [6, 6.07) is 2.66. The van der Waals surface area contributed by atoms with Crippen LogP contribution in [0.4, 0.5) is 14.9 Å². The van der Waals surface area contributed by atoms with Crippen molar-refractivity contribution in [3.63, 3.8) is 0 Å². The van der Waals surface area contributed by atoms with Gasteiger partial charge >= 0.3 is 6.09 Å². The number of ketones is 1. The van der Waals surface area contributed by atoms with Crippen molar-refractivity contribution in [2.24, 2.45) is 14.1 Å². The van der Waals surface area contributed by atoms with Crippen molar-refractivity contribution in [3.8, 4) is 11.3 Å². The zero-order valence-electron chi connectivity index (χ0n) is 21.8. The number of halogens is 1. The first-order valence-corrected chi connectivity index (χ1v) is 12.7. The highest BCUT2D eigenvalue weighted by Crippen LogP contribution is 2.41. The Morgan fingerprint density at radius 2 is 2.05 bits per heavy atom. The van der Waals surface area contributed by atoms with E-state index in [9.17, 15) is 9.59 Å². The molecule has 2 atom stereocenters. The number of benzene rings is 1. The number of ether oxygens (including phenoxy) is 2. The zero-order valence-corrected chi connectivity index (χ0v) is 21.8. The maximum Gasteiger partial charge on any atom is 0.414 e. The summed E-state index contributed by atoms with van der Waals surface area (Å²) in [6.07, 6.45) is 7.44. The predicted octanol–water partition coefficient (Wildman–Crippen LogP) is 4.86. The summed E-state index contributed by atoms with van der Waals surface area (Å²) < 4.78 is 36.1. The number of carbonyl (C=O) groups is 2. The molecular formula is C27H30FN5O5. The molecular weight excluding hydrogens is 493 g/mol. The minimum Gasteiger partial charge on any atom is -0.449 e. The van der Waals surface area contributed by atoms with Crippen molar-refractivity contribution in [1.29, 1.82) is 0 Å². The summed E-state index contributed by atoms with van der Waals surface area (Å²) in [5, 5.41) is 4.37. The van der Waals surface area contributed by atoms with E-state index in [1.807, 2.05) is 14.0 Å². The minimum atomic E-state index is -0.670. The van der Waals surface area contributed by atoms with E-state index in [4.69, 9.17) is 13.9 Å². The summed E-state index contributed by atoms with van der Waals surface area (Å²) >= 11 is 0. The van der Waals surface area contributed by atoms with Gasteiger partial charge < -0.3 is 18.5 Å². The highest BCUT2D eigenvalue weighted by Gasteiger charge is 2.38. The third kappa shape index (κ3) is 4.69. The Labute approximate surface area is 218 Å². The van der Waals surface area contributed by atoms with Crippen LogP contribution in [0.1, 0.15) is 49.2 Å². The van der Waals surface area contributed by atoms with Crippen LogP contribution in [0, 0.1) is 5.82 Å². The zero-order chi connectivity index (χ0) is 27.0. The van der Waals surface area contributed by atoms with Gasteiger partial charge in [0.05, 0.1) is 36.5 Å². The minimum absolute atomic E-state index is 0.0675. The predicted molar refractivity (Wildman–Crippen MR) is 138 cm³/mol. The second kappa shape index (κ2) is 10.4. The van der Waals surface area contributed by atoms with Crippen LogP contribution in [-0.4, -0.2) is 56.6 Å². The van der Waals surface area contributed by atoms with Gasteiger partial charge in [-0.2, -0.15) is 5.10 Å². The number of imidazole rings is 1. The SMILES string of the molecule is CCOC(=O)N(c1c(C(=O)c2cnn(C)c2)oc2c(F)cc(-c3cn(C)cn3)cc12)[C@H]1CCO[C@@H](CC)C1. The maximum absolute atomic E-state index is 15.6. The van der Waals surface area contributed by atoms with E-state index >= 15 is 4.39 Å². The lowest BCUT2D eigenvalue weighted by Crippen LogP contribution is -2.46. The molecule has 4 heterocycles. The summed E-state index contributed by atoms with van der Waals surface area (Å²) in [4.78, 5) is 33.0. The summed E-state index contributed by atoms with van der Waals surface area (Å²) in [5.41, 5.74) is 1.33. The molecule has 1 fully saturated rings. The smallest absolute Gasteiger partial charge is 0.414 e. The molecule has 3 aromatic heterocycles. The lowest BCUT2D eigenvalue weighted by molar-refractivity contribution is 0.00468. The monoisotopic (exact) mass is 523 g/mol. The Bertz CT molecular complexity index is 1490. The number of hydrogen-bond donors (Lipinski definition) is 0. The number of furan rings is 1. The number of carbonyl (C=O) groups excluding carboxylic acids is 2. The van der Waals surface area contributed by atoms with Crippen molar-refractivity contribution in [3.05, 3.63) is 54.2 Å². The van der Waals surface area contributed by atoms with Gasteiger partial charge in [0.1, 0.15) is 5.69 Å². The van der Waals surface area contributed by atoms with Crippen LogP contribution in [0.5, 0.6) is 0 Å². The molecule has 38 heavy (non-hydrogen) atoms. The number of fused-ring (bicyclic) bond motifs is 1. The van der Waals surface area contributed by atoms with Crippen LogP contribution in [0.15, 0.2) is 41.5 Å². The number of anilines is 1. The lowest BCUT2D eigenvalue weighted by atomic mass is 9.98. The molecule has 1 aliphatic heterocycles. The molecule has 0 N–H and O–H groups in total. The van der Waals surface area contributed by atoms with Crippen LogP contribution < -0.4 is 4.90 Å². The van der Waals surface area contributed by atoms with Gasteiger partial charge in [0.15, 0.2) is 17.2 Å². The molecule has 0 spiro atoms. The molecule has 1 aromatic carbocycles. The van der Waals surface area contributed by atoms with Gasteiger partial charge in [-0.3, -0.25) is 14.4 Å². The molecule has 0 unspecified atom stereocenters. The van der Waals surface area contributed by atoms with Crippen LogP contribution in [0.25, 0.3) is 22.2 Å². The van der Waals surface area contributed by atoms with E-state index in [2.05, 4.69) is 10.1 Å². The first kappa shape index (κ1) is 25.7. The van der Waals surface area contributed by atoms with Crippen LogP contribution >= 0.6 is 0 Å². The molecule has 5 rings (SSSR count). The second-order valence-corrected chi connectivity index (χ2v) is 9.42. The Balaban J connectivity index is 1.76. The highest BCUT2D eigenvalue weighted by atomic mass is 19.1. The van der Waals surface area contributed by atoms with Crippen molar-refractivity contribution >= 4 is 28.5 Å². The highest BCUT2D eigenvalue weighted by molar-refractivity contribution is 6.17. The molecule has 0 aliphatic carbocycles. The third-order valence-corrected chi connectivity index (χ3v) is 6.76. The van der Waals surface area contributed by atoms with Crippen molar-refractivity contribution in [2.75, 3.05) is 18.1 Å². The quantitative estimate of drug-likeness (QED) is 0.319. The topological polar surface area (TPSA) is 105 Å². The van der Waals surface area contributed by atoms with Crippen LogP contribution in [0.2, 0.25) is 0 Å².